The molecule has 4 heteroatoms. The second-order valence-electron chi connectivity index (χ2n) is 7.37. The molecule has 0 spiro atoms. The van der Waals surface area contributed by atoms with E-state index in [4.69, 9.17) is 9.47 Å². The van der Waals surface area contributed by atoms with Crippen LogP contribution in [0.2, 0.25) is 0 Å². The van der Waals surface area contributed by atoms with E-state index in [1.165, 1.54) is 18.4 Å². The Morgan fingerprint density at radius 2 is 2.21 bits per heavy atom. The number of hydrogen-bond donors (Lipinski definition) is 1. The number of ether oxygens (including phenoxy) is 2. The molecule has 0 saturated heterocycles. The van der Waals surface area contributed by atoms with Crippen molar-refractivity contribution in [2.24, 2.45) is 0 Å². The number of aliphatic carboxylic acids is 1. The van der Waals surface area contributed by atoms with E-state index >= 15 is 0 Å². The summed E-state index contributed by atoms with van der Waals surface area (Å²) in [4.78, 5) is 11.6. The molecule has 1 heterocycles. The first kappa shape index (κ1) is 16.9. The number of carbonyl (C=O) groups is 1. The third-order valence-electron chi connectivity index (χ3n) is 4.71. The van der Waals surface area contributed by atoms with Crippen molar-refractivity contribution in [1.82, 2.24) is 0 Å². The molecule has 1 aromatic carbocycles. The summed E-state index contributed by atoms with van der Waals surface area (Å²) in [5.74, 6) is 0.329. The first-order chi connectivity index (χ1) is 11.4. The van der Waals surface area contributed by atoms with Crippen LogP contribution in [0.5, 0.6) is 11.5 Å². The molecule has 0 bridgehead atoms. The number of hydrogen-bond acceptors (Lipinski definition) is 3. The monoisotopic (exact) mass is 330 g/mol. The van der Waals surface area contributed by atoms with Crippen LogP contribution in [0.1, 0.15) is 57.9 Å². The van der Waals surface area contributed by atoms with Crippen LogP contribution in [0.25, 0.3) is 0 Å². The van der Waals surface area contributed by atoms with Crippen LogP contribution in [0.15, 0.2) is 29.8 Å². The quantitative estimate of drug-likeness (QED) is 0.780. The molecular formula is C20H26O4. The molecule has 1 unspecified atom stereocenters. The Kier molecular flexibility index (Phi) is 4.83. The van der Waals surface area contributed by atoms with Gasteiger partial charge in [0.1, 0.15) is 5.60 Å². The molecule has 3 rings (SSSR count). The number of fused-ring (bicyclic) bond motifs is 1. The van der Waals surface area contributed by atoms with Crippen LogP contribution in [0.3, 0.4) is 0 Å². The van der Waals surface area contributed by atoms with Crippen molar-refractivity contribution in [2.45, 2.75) is 70.5 Å². The predicted octanol–water partition coefficient (Wildman–Crippen LogP) is 4.51. The summed E-state index contributed by atoms with van der Waals surface area (Å²) in [6, 6.07) is 5.72. The summed E-state index contributed by atoms with van der Waals surface area (Å²) in [6.07, 6.45) is 8.16. The molecule has 130 valence electrons. The van der Waals surface area contributed by atoms with Gasteiger partial charge in [0, 0.05) is 12.0 Å². The summed E-state index contributed by atoms with van der Waals surface area (Å²) in [5.41, 5.74) is 2.18. The number of para-hydroxylation sites is 1. The second-order valence-corrected chi connectivity index (χ2v) is 7.37. The smallest absolute Gasteiger partial charge is 0.344 e. The summed E-state index contributed by atoms with van der Waals surface area (Å²) in [5, 5.41) is 9.53. The lowest BCUT2D eigenvalue weighted by Gasteiger charge is -2.21. The van der Waals surface area contributed by atoms with Crippen molar-refractivity contribution < 1.29 is 19.4 Å². The highest BCUT2D eigenvalue weighted by Gasteiger charge is 2.33. The van der Waals surface area contributed by atoms with Gasteiger partial charge in [-0.15, -0.1) is 0 Å². The average molecular weight is 330 g/mol. The Morgan fingerprint density at radius 3 is 2.92 bits per heavy atom. The Morgan fingerprint density at radius 1 is 1.38 bits per heavy atom. The van der Waals surface area contributed by atoms with Crippen molar-refractivity contribution in [3.63, 3.8) is 0 Å². The lowest BCUT2D eigenvalue weighted by atomic mass is 9.95. The SMILES string of the molecule is CC1(C)Cc2cccc(OC(CCC3=CCCCC3)C(=O)O)c2O1. The highest BCUT2D eigenvalue weighted by molar-refractivity contribution is 5.73. The van der Waals surface area contributed by atoms with Crippen molar-refractivity contribution in [1.29, 1.82) is 0 Å². The summed E-state index contributed by atoms with van der Waals surface area (Å²) in [6.45, 7) is 4.06. The van der Waals surface area contributed by atoms with Gasteiger partial charge in [0.05, 0.1) is 0 Å². The van der Waals surface area contributed by atoms with Gasteiger partial charge in [-0.3, -0.25) is 0 Å². The lowest BCUT2D eigenvalue weighted by Crippen LogP contribution is -2.28. The fraction of sp³-hybridized carbons (Fsp3) is 0.550. The molecule has 0 saturated carbocycles. The van der Waals surface area contributed by atoms with Crippen LogP contribution >= 0.6 is 0 Å². The third-order valence-corrected chi connectivity index (χ3v) is 4.71. The Labute approximate surface area is 143 Å². The zero-order valence-corrected chi connectivity index (χ0v) is 14.5. The van der Waals surface area contributed by atoms with Crippen molar-refractivity contribution in [3.8, 4) is 11.5 Å². The first-order valence-electron chi connectivity index (χ1n) is 8.83. The number of carboxylic acid groups (broad SMARTS) is 1. The maximum absolute atomic E-state index is 11.6. The average Bonchev–Trinajstić information content (AvgIpc) is 2.86. The fourth-order valence-electron chi connectivity index (χ4n) is 3.51. The van der Waals surface area contributed by atoms with Gasteiger partial charge in [0.25, 0.3) is 0 Å². The van der Waals surface area contributed by atoms with Crippen molar-refractivity contribution in [3.05, 3.63) is 35.4 Å². The zero-order valence-electron chi connectivity index (χ0n) is 14.5. The maximum atomic E-state index is 11.6. The minimum Gasteiger partial charge on any atom is -0.483 e. The van der Waals surface area contributed by atoms with E-state index < -0.39 is 12.1 Å². The van der Waals surface area contributed by atoms with E-state index in [1.54, 1.807) is 6.07 Å². The Bertz CT molecular complexity index is 645. The van der Waals surface area contributed by atoms with Crippen LogP contribution in [0, 0.1) is 0 Å². The normalized spacial score (nSPS) is 19.8. The standard InChI is InChI=1S/C20H26O4/c1-20(2)13-15-9-6-10-16(18(15)24-20)23-17(19(21)22)12-11-14-7-4-3-5-8-14/h6-7,9-10,17H,3-5,8,11-13H2,1-2H3,(H,21,22). The van der Waals surface area contributed by atoms with Gasteiger partial charge >= 0.3 is 5.97 Å². The zero-order chi connectivity index (χ0) is 17.2. The van der Waals surface area contributed by atoms with Crippen LogP contribution in [-0.4, -0.2) is 22.8 Å². The van der Waals surface area contributed by atoms with Gasteiger partial charge in [-0.1, -0.05) is 23.8 Å². The van der Waals surface area contributed by atoms with Gasteiger partial charge in [0.15, 0.2) is 17.6 Å². The molecule has 0 radical (unpaired) electrons. The van der Waals surface area contributed by atoms with E-state index in [0.717, 1.165) is 31.2 Å². The molecule has 1 atom stereocenters. The molecule has 1 aliphatic heterocycles. The van der Waals surface area contributed by atoms with Crippen molar-refractivity contribution in [2.75, 3.05) is 0 Å². The van der Waals surface area contributed by atoms with E-state index in [2.05, 4.69) is 6.08 Å². The molecule has 1 aromatic rings. The van der Waals surface area contributed by atoms with Crippen LogP contribution in [-0.2, 0) is 11.2 Å². The van der Waals surface area contributed by atoms with Gasteiger partial charge in [-0.25, -0.2) is 4.79 Å². The topological polar surface area (TPSA) is 55.8 Å². The minimum atomic E-state index is -0.915. The van der Waals surface area contributed by atoms with Crippen LogP contribution in [0.4, 0.5) is 0 Å². The lowest BCUT2D eigenvalue weighted by molar-refractivity contribution is -0.145. The molecule has 1 N–H and O–H groups in total. The molecule has 2 aliphatic rings. The third kappa shape index (κ3) is 3.92. The fourth-order valence-corrected chi connectivity index (χ4v) is 3.51. The molecule has 0 aromatic heterocycles. The first-order valence-corrected chi connectivity index (χ1v) is 8.83. The highest BCUT2D eigenvalue weighted by atomic mass is 16.6. The van der Waals surface area contributed by atoms with E-state index in [1.807, 2.05) is 26.0 Å². The molecule has 0 fully saturated rings. The summed E-state index contributed by atoms with van der Waals surface area (Å²) < 4.78 is 11.8. The number of allylic oxidation sites excluding steroid dienone is 2. The second kappa shape index (κ2) is 6.88. The summed E-state index contributed by atoms with van der Waals surface area (Å²) >= 11 is 0. The van der Waals surface area contributed by atoms with E-state index in [-0.39, 0.29) is 5.60 Å². The Balaban J connectivity index is 1.70. The van der Waals surface area contributed by atoms with E-state index in [0.29, 0.717) is 17.9 Å². The van der Waals surface area contributed by atoms with Gasteiger partial charge in [-0.2, -0.15) is 0 Å². The minimum absolute atomic E-state index is 0.270. The van der Waals surface area contributed by atoms with Crippen LogP contribution < -0.4 is 9.47 Å². The molecule has 0 amide bonds. The number of carboxylic acids is 1. The summed E-state index contributed by atoms with van der Waals surface area (Å²) in [7, 11) is 0. The molecule has 24 heavy (non-hydrogen) atoms. The molecule has 4 nitrogen and oxygen atoms in total. The maximum Gasteiger partial charge on any atom is 0.344 e. The Hall–Kier alpha value is -1.97. The van der Waals surface area contributed by atoms with Gasteiger partial charge in [-0.05, 0) is 58.4 Å². The van der Waals surface area contributed by atoms with Crippen molar-refractivity contribution >= 4 is 5.97 Å². The van der Waals surface area contributed by atoms with E-state index in [9.17, 15) is 9.90 Å². The molecular weight excluding hydrogens is 304 g/mol. The molecule has 1 aliphatic carbocycles. The highest BCUT2D eigenvalue weighted by Crippen LogP contribution is 2.42. The van der Waals surface area contributed by atoms with Gasteiger partial charge < -0.3 is 14.6 Å². The van der Waals surface area contributed by atoms with Gasteiger partial charge in [0.2, 0.25) is 0 Å². The largest absolute Gasteiger partial charge is 0.483 e. The number of benzene rings is 1. The predicted molar refractivity (Wildman–Crippen MR) is 92.7 cm³/mol. The number of rotatable bonds is 6.